The van der Waals surface area contributed by atoms with Gasteiger partial charge in [0.25, 0.3) is 5.91 Å². The molecule has 0 aliphatic carbocycles. The number of rotatable bonds is 2. The van der Waals surface area contributed by atoms with Crippen LogP contribution in [0.5, 0.6) is 0 Å². The minimum Gasteiger partial charge on any atom is -0.351 e. The lowest BCUT2D eigenvalue weighted by Gasteiger charge is -2.35. The number of fused-ring (bicyclic) bond motifs is 1. The number of anilines is 1. The quantitative estimate of drug-likeness (QED) is 0.689. The van der Waals surface area contributed by atoms with Gasteiger partial charge in [0.05, 0.1) is 0 Å². The third-order valence-corrected chi connectivity index (χ3v) is 4.54. The summed E-state index contributed by atoms with van der Waals surface area (Å²) in [5.74, 6) is 0.752. The second-order valence-electron chi connectivity index (χ2n) is 5.87. The molecule has 8 nitrogen and oxygen atoms in total. The molecule has 1 aliphatic heterocycles. The summed E-state index contributed by atoms with van der Waals surface area (Å²) >= 11 is 5.98. The van der Waals surface area contributed by atoms with Gasteiger partial charge in [-0.15, -0.1) is 5.10 Å². The molecule has 1 aliphatic rings. The first-order valence-electron chi connectivity index (χ1n) is 7.93. The second kappa shape index (κ2) is 6.29. The first-order chi connectivity index (χ1) is 12.1. The number of hydrogen-bond acceptors (Lipinski definition) is 6. The largest absolute Gasteiger partial charge is 0.351 e. The highest BCUT2D eigenvalue weighted by Gasteiger charge is 2.25. The molecule has 0 atom stereocenters. The predicted molar refractivity (Wildman–Crippen MR) is 93.7 cm³/mol. The van der Waals surface area contributed by atoms with Crippen LogP contribution in [0.1, 0.15) is 10.4 Å². The SMILES string of the molecule is Cn1nnc2c(N3CCN(C(=O)c4cccc(Cl)c4)CC3)ncnc21. The van der Waals surface area contributed by atoms with E-state index in [1.165, 1.54) is 6.33 Å². The van der Waals surface area contributed by atoms with E-state index in [1.807, 2.05) is 4.90 Å². The van der Waals surface area contributed by atoms with Gasteiger partial charge in [0.2, 0.25) is 0 Å². The van der Waals surface area contributed by atoms with E-state index in [0.29, 0.717) is 47.9 Å². The molecule has 0 radical (unpaired) electrons. The van der Waals surface area contributed by atoms with Crippen LogP contribution in [-0.4, -0.2) is 61.9 Å². The van der Waals surface area contributed by atoms with Gasteiger partial charge in [0.1, 0.15) is 6.33 Å². The fraction of sp³-hybridized carbons (Fsp3) is 0.312. The molecular weight excluding hydrogens is 342 g/mol. The van der Waals surface area contributed by atoms with E-state index < -0.39 is 0 Å². The van der Waals surface area contributed by atoms with Crippen molar-refractivity contribution in [3.63, 3.8) is 0 Å². The summed E-state index contributed by atoms with van der Waals surface area (Å²) in [4.78, 5) is 25.1. The zero-order valence-corrected chi connectivity index (χ0v) is 14.4. The van der Waals surface area contributed by atoms with Gasteiger partial charge < -0.3 is 9.80 Å². The Morgan fingerprint density at radius 3 is 2.72 bits per heavy atom. The third-order valence-electron chi connectivity index (χ3n) is 4.31. The molecule has 0 N–H and O–H groups in total. The molecule has 1 amide bonds. The van der Waals surface area contributed by atoms with Crippen LogP contribution >= 0.6 is 11.6 Å². The van der Waals surface area contributed by atoms with Gasteiger partial charge in [0.15, 0.2) is 17.0 Å². The molecule has 128 valence electrons. The van der Waals surface area contributed by atoms with E-state index in [0.717, 1.165) is 5.82 Å². The normalized spacial score (nSPS) is 15.0. The van der Waals surface area contributed by atoms with Crippen molar-refractivity contribution in [2.24, 2.45) is 7.05 Å². The van der Waals surface area contributed by atoms with Crippen LogP contribution in [0, 0.1) is 0 Å². The van der Waals surface area contributed by atoms with E-state index in [-0.39, 0.29) is 5.91 Å². The number of benzene rings is 1. The molecule has 3 aromatic rings. The van der Waals surface area contributed by atoms with Crippen molar-refractivity contribution in [3.8, 4) is 0 Å². The molecule has 0 saturated carbocycles. The van der Waals surface area contributed by atoms with Gasteiger partial charge in [-0.1, -0.05) is 22.9 Å². The van der Waals surface area contributed by atoms with Crippen LogP contribution in [-0.2, 0) is 7.05 Å². The summed E-state index contributed by atoms with van der Waals surface area (Å²) < 4.78 is 1.62. The van der Waals surface area contributed by atoms with Crippen molar-refractivity contribution in [2.45, 2.75) is 0 Å². The van der Waals surface area contributed by atoms with Gasteiger partial charge in [-0.2, -0.15) is 0 Å². The number of piperazine rings is 1. The third kappa shape index (κ3) is 2.89. The van der Waals surface area contributed by atoms with Gasteiger partial charge in [-0.05, 0) is 18.2 Å². The molecule has 4 rings (SSSR count). The van der Waals surface area contributed by atoms with E-state index >= 15 is 0 Å². The minimum absolute atomic E-state index is 0.00510. The number of amides is 1. The number of halogens is 1. The molecule has 1 aromatic carbocycles. The maximum Gasteiger partial charge on any atom is 0.254 e. The first-order valence-corrected chi connectivity index (χ1v) is 8.31. The topological polar surface area (TPSA) is 80.0 Å². The van der Waals surface area contributed by atoms with Crippen molar-refractivity contribution in [1.29, 1.82) is 0 Å². The van der Waals surface area contributed by atoms with Crippen LogP contribution in [0.4, 0.5) is 5.82 Å². The Bertz CT molecular complexity index is 933. The molecule has 0 spiro atoms. The Morgan fingerprint density at radius 2 is 1.96 bits per heavy atom. The Hall–Kier alpha value is -2.74. The maximum absolute atomic E-state index is 12.6. The Labute approximate surface area is 149 Å². The number of nitrogens with zero attached hydrogens (tertiary/aromatic N) is 7. The lowest BCUT2D eigenvalue weighted by Crippen LogP contribution is -2.49. The van der Waals surface area contributed by atoms with Gasteiger partial charge in [-0.3, -0.25) is 4.79 Å². The molecule has 0 bridgehead atoms. The Balaban J connectivity index is 1.50. The van der Waals surface area contributed by atoms with Crippen molar-refractivity contribution >= 4 is 34.5 Å². The maximum atomic E-state index is 12.6. The number of carbonyl (C=O) groups is 1. The smallest absolute Gasteiger partial charge is 0.254 e. The van der Waals surface area contributed by atoms with Crippen LogP contribution in [0.2, 0.25) is 5.02 Å². The first kappa shape index (κ1) is 15.8. The predicted octanol–water partition coefficient (Wildman–Crippen LogP) is 1.37. The molecule has 1 fully saturated rings. The minimum atomic E-state index is -0.00510. The van der Waals surface area contributed by atoms with Gasteiger partial charge in [0, 0.05) is 43.8 Å². The van der Waals surface area contributed by atoms with Crippen LogP contribution in [0.3, 0.4) is 0 Å². The molecule has 9 heteroatoms. The molecule has 3 heterocycles. The number of carbonyl (C=O) groups excluding carboxylic acids is 1. The summed E-state index contributed by atoms with van der Waals surface area (Å²) in [6.07, 6.45) is 1.52. The fourth-order valence-corrected chi connectivity index (χ4v) is 3.19. The van der Waals surface area contributed by atoms with Crippen molar-refractivity contribution in [1.82, 2.24) is 29.9 Å². The van der Waals surface area contributed by atoms with E-state index in [9.17, 15) is 4.79 Å². The standard InChI is InChI=1S/C16H16ClN7O/c1-22-14-13(20-21-22)15(19-10-18-14)23-5-7-24(8-6-23)16(25)11-3-2-4-12(17)9-11/h2-4,9-10H,5-8H2,1H3. The highest BCUT2D eigenvalue weighted by Crippen LogP contribution is 2.22. The fourth-order valence-electron chi connectivity index (χ4n) is 3.00. The summed E-state index contributed by atoms with van der Waals surface area (Å²) in [5, 5.41) is 8.72. The van der Waals surface area contributed by atoms with E-state index in [1.54, 1.807) is 36.0 Å². The van der Waals surface area contributed by atoms with Crippen molar-refractivity contribution in [3.05, 3.63) is 41.2 Å². The zero-order chi connectivity index (χ0) is 17.4. The summed E-state index contributed by atoms with van der Waals surface area (Å²) in [5.41, 5.74) is 1.99. The molecule has 1 saturated heterocycles. The van der Waals surface area contributed by atoms with Crippen LogP contribution in [0.15, 0.2) is 30.6 Å². The number of hydrogen-bond donors (Lipinski definition) is 0. The molecular formula is C16H16ClN7O. The summed E-state index contributed by atoms with van der Waals surface area (Å²) in [7, 11) is 1.80. The van der Waals surface area contributed by atoms with Crippen LogP contribution < -0.4 is 4.90 Å². The van der Waals surface area contributed by atoms with Crippen molar-refractivity contribution < 1.29 is 4.79 Å². The number of aryl methyl sites for hydroxylation is 1. The lowest BCUT2D eigenvalue weighted by atomic mass is 10.2. The molecule has 25 heavy (non-hydrogen) atoms. The molecule has 0 unspecified atom stereocenters. The number of aromatic nitrogens is 5. The van der Waals surface area contributed by atoms with Gasteiger partial charge in [-0.25, -0.2) is 14.6 Å². The average Bonchev–Trinajstić information content (AvgIpc) is 3.03. The monoisotopic (exact) mass is 357 g/mol. The van der Waals surface area contributed by atoms with Crippen molar-refractivity contribution in [2.75, 3.05) is 31.1 Å². The van der Waals surface area contributed by atoms with Gasteiger partial charge >= 0.3 is 0 Å². The average molecular weight is 358 g/mol. The summed E-state index contributed by atoms with van der Waals surface area (Å²) in [6.45, 7) is 2.57. The second-order valence-corrected chi connectivity index (χ2v) is 6.31. The highest BCUT2D eigenvalue weighted by molar-refractivity contribution is 6.30. The zero-order valence-electron chi connectivity index (χ0n) is 13.6. The Kier molecular flexibility index (Phi) is 3.96. The lowest BCUT2D eigenvalue weighted by molar-refractivity contribution is 0.0746. The Morgan fingerprint density at radius 1 is 1.16 bits per heavy atom. The molecule has 2 aromatic heterocycles. The highest BCUT2D eigenvalue weighted by atomic mass is 35.5. The van der Waals surface area contributed by atoms with E-state index in [2.05, 4.69) is 25.2 Å². The van der Waals surface area contributed by atoms with E-state index in [4.69, 9.17) is 11.6 Å². The van der Waals surface area contributed by atoms with Crippen LogP contribution in [0.25, 0.3) is 11.2 Å². The summed E-state index contributed by atoms with van der Waals surface area (Å²) in [6, 6.07) is 7.03.